The molecule has 3 nitrogen and oxygen atoms in total. The van der Waals surface area contributed by atoms with Gasteiger partial charge in [0.15, 0.2) is 0 Å². The van der Waals surface area contributed by atoms with E-state index >= 15 is 0 Å². The second-order valence-electron chi connectivity index (χ2n) is 4.12. The lowest BCUT2D eigenvalue weighted by Crippen LogP contribution is -2.38. The zero-order valence-electron chi connectivity index (χ0n) is 8.78. The number of aliphatic hydroxyl groups is 1. The Bertz CT molecular complexity index is 372. The first kappa shape index (κ1) is 12.1. The Hall–Kier alpha value is -0.390. The largest absolute Gasteiger partial charge is 0.393 e. The summed E-state index contributed by atoms with van der Waals surface area (Å²) in [6, 6.07) is 2.05. The third-order valence-corrected chi connectivity index (χ3v) is 4.37. The van der Waals surface area contributed by atoms with Crippen molar-refractivity contribution >= 4 is 33.2 Å². The second kappa shape index (κ2) is 5.29. The van der Waals surface area contributed by atoms with Crippen molar-refractivity contribution in [2.24, 2.45) is 0 Å². The second-order valence-corrected chi connectivity index (χ2v) is 6.41. The highest BCUT2D eigenvalue weighted by atomic mass is 79.9. The Labute approximate surface area is 107 Å². The summed E-state index contributed by atoms with van der Waals surface area (Å²) in [6.45, 7) is 0. The molecule has 1 saturated carbocycles. The van der Waals surface area contributed by atoms with Crippen molar-refractivity contribution in [1.82, 2.24) is 5.32 Å². The molecule has 0 bridgehead atoms. The Morgan fingerprint density at radius 3 is 2.69 bits per heavy atom. The Kier molecular flexibility index (Phi) is 4.00. The lowest BCUT2D eigenvalue weighted by molar-refractivity contribution is 0.0868. The molecule has 1 amide bonds. The van der Waals surface area contributed by atoms with Crippen molar-refractivity contribution in [2.45, 2.75) is 37.8 Å². The van der Waals surface area contributed by atoms with Crippen LogP contribution in [-0.4, -0.2) is 23.2 Å². The van der Waals surface area contributed by atoms with Crippen LogP contribution in [0.5, 0.6) is 0 Å². The van der Waals surface area contributed by atoms with Crippen LogP contribution in [0.4, 0.5) is 0 Å². The molecule has 1 aliphatic carbocycles. The summed E-state index contributed by atoms with van der Waals surface area (Å²) in [4.78, 5) is 11.8. The van der Waals surface area contributed by atoms with Crippen LogP contribution in [-0.2, 0) is 0 Å². The highest BCUT2D eigenvalue weighted by Crippen LogP contribution is 2.22. The van der Waals surface area contributed by atoms with Gasteiger partial charge in [-0.1, -0.05) is 0 Å². The normalized spacial score (nSPS) is 25.4. The van der Waals surface area contributed by atoms with Crippen LogP contribution >= 0.6 is 27.3 Å². The molecule has 1 heterocycles. The monoisotopic (exact) mass is 303 g/mol. The summed E-state index contributed by atoms with van der Waals surface area (Å²) < 4.78 is 0.969. The van der Waals surface area contributed by atoms with E-state index in [-0.39, 0.29) is 18.1 Å². The van der Waals surface area contributed by atoms with E-state index < -0.39 is 0 Å². The number of thiophene rings is 1. The van der Waals surface area contributed by atoms with Crippen molar-refractivity contribution in [3.05, 3.63) is 20.8 Å². The number of hydrogen-bond donors (Lipinski definition) is 2. The van der Waals surface area contributed by atoms with Crippen LogP contribution in [0.1, 0.15) is 36.0 Å². The van der Waals surface area contributed by atoms with Crippen LogP contribution in [0.15, 0.2) is 15.2 Å². The van der Waals surface area contributed by atoms with Gasteiger partial charge in [-0.3, -0.25) is 4.79 Å². The van der Waals surface area contributed by atoms with E-state index in [2.05, 4.69) is 21.2 Å². The highest BCUT2D eigenvalue weighted by molar-refractivity contribution is 9.11. The maximum absolute atomic E-state index is 11.8. The first-order valence-electron chi connectivity index (χ1n) is 5.38. The molecule has 1 aromatic rings. The third kappa shape index (κ3) is 3.06. The Balaban J connectivity index is 1.88. The van der Waals surface area contributed by atoms with E-state index in [0.717, 1.165) is 29.5 Å². The van der Waals surface area contributed by atoms with E-state index in [1.165, 1.54) is 11.3 Å². The molecule has 0 atom stereocenters. The molecule has 0 spiro atoms. The summed E-state index contributed by atoms with van der Waals surface area (Å²) in [6.07, 6.45) is 3.15. The van der Waals surface area contributed by atoms with E-state index in [1.807, 2.05) is 11.4 Å². The highest BCUT2D eigenvalue weighted by Gasteiger charge is 2.21. The van der Waals surface area contributed by atoms with Gasteiger partial charge in [-0.25, -0.2) is 0 Å². The predicted octanol–water partition coefficient (Wildman–Crippen LogP) is 2.54. The lowest BCUT2D eigenvalue weighted by atomic mass is 9.93. The molecule has 1 fully saturated rings. The molecule has 1 aromatic heterocycles. The molecule has 0 aromatic carbocycles. The summed E-state index contributed by atoms with van der Waals surface area (Å²) in [5.74, 6) is -0.0108. The van der Waals surface area contributed by atoms with Gasteiger partial charge in [0.2, 0.25) is 0 Å². The van der Waals surface area contributed by atoms with Crippen LogP contribution in [0, 0.1) is 0 Å². The number of hydrogen-bond acceptors (Lipinski definition) is 3. The van der Waals surface area contributed by atoms with E-state index in [1.54, 1.807) is 0 Å². The average molecular weight is 304 g/mol. The summed E-state index contributed by atoms with van der Waals surface area (Å²) >= 11 is 4.85. The number of carbonyl (C=O) groups excluding carboxylic acids is 1. The fraction of sp³-hybridized carbons (Fsp3) is 0.545. The van der Waals surface area contributed by atoms with E-state index in [4.69, 9.17) is 0 Å². The number of carbonyl (C=O) groups is 1. The molecule has 1 aliphatic rings. The number of halogens is 1. The van der Waals surface area contributed by atoms with Gasteiger partial charge in [-0.2, -0.15) is 0 Å². The molecule has 0 unspecified atom stereocenters. The lowest BCUT2D eigenvalue weighted by Gasteiger charge is -2.25. The maximum atomic E-state index is 11.8. The molecule has 5 heteroatoms. The first-order valence-corrected chi connectivity index (χ1v) is 7.05. The van der Waals surface area contributed by atoms with Crippen molar-refractivity contribution in [2.75, 3.05) is 0 Å². The van der Waals surface area contributed by atoms with E-state index in [0.29, 0.717) is 5.56 Å². The number of rotatable bonds is 2. The van der Waals surface area contributed by atoms with Crippen LogP contribution in [0.2, 0.25) is 0 Å². The molecular weight excluding hydrogens is 290 g/mol. The topological polar surface area (TPSA) is 49.3 Å². The van der Waals surface area contributed by atoms with Crippen molar-refractivity contribution < 1.29 is 9.90 Å². The molecular formula is C11H14BrNO2S. The van der Waals surface area contributed by atoms with Crippen LogP contribution in [0.3, 0.4) is 0 Å². The minimum Gasteiger partial charge on any atom is -0.393 e. The van der Waals surface area contributed by atoms with Gasteiger partial charge in [0.25, 0.3) is 5.91 Å². The molecule has 16 heavy (non-hydrogen) atoms. The summed E-state index contributed by atoms with van der Waals surface area (Å²) in [7, 11) is 0. The van der Waals surface area contributed by atoms with Crippen molar-refractivity contribution in [3.8, 4) is 0 Å². The quantitative estimate of drug-likeness (QED) is 0.882. The van der Waals surface area contributed by atoms with Crippen molar-refractivity contribution in [1.29, 1.82) is 0 Å². The molecule has 0 radical (unpaired) electrons. The van der Waals surface area contributed by atoms with Gasteiger partial charge in [0.1, 0.15) is 0 Å². The Morgan fingerprint density at radius 1 is 1.44 bits per heavy atom. The maximum Gasteiger partial charge on any atom is 0.252 e. The van der Waals surface area contributed by atoms with Crippen LogP contribution in [0.25, 0.3) is 0 Å². The molecule has 0 saturated heterocycles. The SMILES string of the molecule is O=C(NC1CCC(O)CC1)c1csc(Br)c1. The molecule has 2 N–H and O–H groups in total. The Morgan fingerprint density at radius 2 is 2.12 bits per heavy atom. The summed E-state index contributed by atoms with van der Waals surface area (Å²) in [5.41, 5.74) is 0.711. The third-order valence-electron chi connectivity index (χ3n) is 2.86. The minimum atomic E-state index is -0.177. The number of aliphatic hydroxyl groups excluding tert-OH is 1. The van der Waals surface area contributed by atoms with Gasteiger partial charge < -0.3 is 10.4 Å². The van der Waals surface area contributed by atoms with Crippen LogP contribution < -0.4 is 5.32 Å². The minimum absolute atomic E-state index is 0.0108. The average Bonchev–Trinajstić information content (AvgIpc) is 2.68. The number of amides is 1. The number of nitrogens with one attached hydrogen (secondary N) is 1. The standard InChI is InChI=1S/C11H14BrNO2S/c12-10-5-7(6-16-10)11(15)13-8-1-3-9(14)4-2-8/h5-6,8-9,14H,1-4H2,(H,13,15). The van der Waals surface area contributed by atoms with Gasteiger partial charge in [0.05, 0.1) is 15.5 Å². The van der Waals surface area contributed by atoms with Gasteiger partial charge in [-0.15, -0.1) is 11.3 Å². The van der Waals surface area contributed by atoms with Crippen molar-refractivity contribution in [3.63, 3.8) is 0 Å². The fourth-order valence-electron chi connectivity index (χ4n) is 1.92. The smallest absolute Gasteiger partial charge is 0.252 e. The fourth-order valence-corrected chi connectivity index (χ4v) is 3.05. The summed E-state index contributed by atoms with van der Waals surface area (Å²) in [5, 5.41) is 14.2. The molecule has 0 aliphatic heterocycles. The zero-order chi connectivity index (χ0) is 11.5. The van der Waals surface area contributed by atoms with Gasteiger partial charge >= 0.3 is 0 Å². The van der Waals surface area contributed by atoms with Gasteiger partial charge in [0, 0.05) is 11.4 Å². The molecule has 88 valence electrons. The zero-order valence-corrected chi connectivity index (χ0v) is 11.2. The molecule has 2 rings (SSSR count). The predicted molar refractivity (Wildman–Crippen MR) is 67.7 cm³/mol. The first-order chi connectivity index (χ1) is 7.65. The van der Waals surface area contributed by atoms with E-state index in [9.17, 15) is 9.90 Å². The van der Waals surface area contributed by atoms with Gasteiger partial charge in [-0.05, 0) is 47.7 Å².